The van der Waals surface area contributed by atoms with Crippen LogP contribution in [0, 0.1) is 0 Å². The van der Waals surface area contributed by atoms with Crippen molar-refractivity contribution in [3.63, 3.8) is 0 Å². The summed E-state index contributed by atoms with van der Waals surface area (Å²) in [7, 11) is 1.27. The van der Waals surface area contributed by atoms with Crippen LogP contribution in [0.3, 0.4) is 0 Å². The number of urea groups is 1. The molecular formula is C23H27F3N2O4. The maximum Gasteiger partial charge on any atom is 0.416 e. The maximum atomic E-state index is 13.2. The molecule has 9 heteroatoms. The molecule has 0 unspecified atom stereocenters. The molecule has 32 heavy (non-hydrogen) atoms. The lowest BCUT2D eigenvalue weighted by molar-refractivity contribution is -0.137. The quantitative estimate of drug-likeness (QED) is 0.561. The lowest BCUT2D eigenvalue weighted by Crippen LogP contribution is -2.41. The molecule has 3 N–H and O–H groups in total. The molecule has 0 bridgehead atoms. The molecule has 0 atom stereocenters. The molecule has 2 aromatic carbocycles. The number of alkyl halides is 3. The molecule has 0 aromatic heterocycles. The minimum absolute atomic E-state index is 0.00586. The number of nitrogens with one attached hydrogen (secondary N) is 2. The third-order valence-electron chi connectivity index (χ3n) is 5.45. The highest BCUT2D eigenvalue weighted by Crippen LogP contribution is 2.38. The molecule has 6 nitrogen and oxygen atoms in total. The Morgan fingerprint density at radius 1 is 1.12 bits per heavy atom. The van der Waals surface area contributed by atoms with E-state index >= 15 is 0 Å². The van der Waals surface area contributed by atoms with Gasteiger partial charge in [0.1, 0.15) is 5.75 Å². The van der Waals surface area contributed by atoms with E-state index < -0.39 is 24.4 Å². The molecule has 0 radical (unpaired) electrons. The number of aliphatic hydroxyl groups excluding tert-OH is 1. The van der Waals surface area contributed by atoms with Crippen LogP contribution in [0.4, 0.5) is 23.7 Å². The Morgan fingerprint density at radius 3 is 2.41 bits per heavy atom. The first-order valence-electron chi connectivity index (χ1n) is 10.4. The highest BCUT2D eigenvalue weighted by atomic mass is 19.4. The zero-order valence-electron chi connectivity index (χ0n) is 17.7. The second kappa shape index (κ2) is 10.7. The summed E-state index contributed by atoms with van der Waals surface area (Å²) in [5.74, 6) is -0.00586. The van der Waals surface area contributed by atoms with E-state index in [1.807, 2.05) is 30.3 Å². The Bertz CT molecular complexity index is 898. The van der Waals surface area contributed by atoms with E-state index in [0.29, 0.717) is 19.4 Å². The van der Waals surface area contributed by atoms with Gasteiger partial charge in [-0.1, -0.05) is 30.3 Å². The van der Waals surface area contributed by atoms with Gasteiger partial charge >= 0.3 is 12.2 Å². The van der Waals surface area contributed by atoms with Crippen LogP contribution in [0.5, 0.6) is 5.75 Å². The van der Waals surface area contributed by atoms with Crippen molar-refractivity contribution in [1.29, 1.82) is 0 Å². The number of rotatable bonds is 7. The highest BCUT2D eigenvalue weighted by Gasteiger charge is 2.33. The van der Waals surface area contributed by atoms with E-state index in [4.69, 9.17) is 9.47 Å². The van der Waals surface area contributed by atoms with Crippen LogP contribution in [-0.2, 0) is 24.1 Å². The van der Waals surface area contributed by atoms with E-state index in [2.05, 4.69) is 10.6 Å². The number of aliphatic hydroxyl groups is 1. The van der Waals surface area contributed by atoms with Gasteiger partial charge in [0.2, 0.25) is 0 Å². The molecule has 0 aliphatic heterocycles. The fourth-order valence-electron chi connectivity index (χ4n) is 3.81. The second-order valence-corrected chi connectivity index (χ2v) is 7.74. The predicted octanol–water partition coefficient (Wildman–Crippen LogP) is 4.86. The lowest BCUT2D eigenvalue weighted by Gasteiger charge is -2.29. The zero-order valence-corrected chi connectivity index (χ0v) is 17.7. The molecule has 2 aromatic rings. The van der Waals surface area contributed by atoms with Gasteiger partial charge in [0, 0.05) is 11.6 Å². The van der Waals surface area contributed by atoms with Crippen LogP contribution in [0.2, 0.25) is 0 Å². The normalized spacial score (nSPS) is 18.8. The third kappa shape index (κ3) is 6.37. The molecule has 0 spiro atoms. The van der Waals surface area contributed by atoms with Gasteiger partial charge in [0.15, 0.2) is 0 Å². The largest absolute Gasteiger partial charge is 0.494 e. The molecule has 3 rings (SSSR count). The number of carbonyl (C=O) groups is 1. The molecule has 0 saturated heterocycles. The summed E-state index contributed by atoms with van der Waals surface area (Å²) in [6, 6.07) is 10.7. The lowest BCUT2D eigenvalue weighted by atomic mass is 9.93. The third-order valence-corrected chi connectivity index (χ3v) is 5.45. The number of anilines is 1. The van der Waals surface area contributed by atoms with Crippen LogP contribution in [0.1, 0.15) is 42.4 Å². The topological polar surface area (TPSA) is 79.8 Å². The molecule has 1 fully saturated rings. The van der Waals surface area contributed by atoms with Crippen LogP contribution >= 0.6 is 0 Å². The van der Waals surface area contributed by atoms with Gasteiger partial charge in [-0.25, -0.2) is 4.79 Å². The molecule has 1 aliphatic rings. The van der Waals surface area contributed by atoms with E-state index in [-0.39, 0.29) is 29.1 Å². The number of methoxy groups -OCH3 is 1. The maximum absolute atomic E-state index is 13.2. The number of halogens is 3. The fourth-order valence-corrected chi connectivity index (χ4v) is 3.81. The van der Waals surface area contributed by atoms with E-state index in [1.54, 1.807) is 0 Å². The summed E-state index contributed by atoms with van der Waals surface area (Å²) in [5, 5.41) is 14.7. The van der Waals surface area contributed by atoms with Crippen molar-refractivity contribution in [2.24, 2.45) is 0 Å². The van der Waals surface area contributed by atoms with Crippen molar-refractivity contribution in [3.8, 4) is 5.75 Å². The average Bonchev–Trinajstić information content (AvgIpc) is 2.78. The summed E-state index contributed by atoms with van der Waals surface area (Å²) in [6.45, 7) is -0.122. The van der Waals surface area contributed by atoms with Gasteiger partial charge in [-0.15, -0.1) is 0 Å². The summed E-state index contributed by atoms with van der Waals surface area (Å²) < 4.78 is 50.6. The summed E-state index contributed by atoms with van der Waals surface area (Å²) in [4.78, 5) is 12.4. The molecule has 0 heterocycles. The Morgan fingerprint density at radius 2 is 1.81 bits per heavy atom. The first kappa shape index (κ1) is 23.9. The van der Waals surface area contributed by atoms with Crippen molar-refractivity contribution in [1.82, 2.24) is 5.32 Å². The van der Waals surface area contributed by atoms with E-state index in [9.17, 15) is 23.1 Å². The van der Waals surface area contributed by atoms with E-state index in [0.717, 1.165) is 30.5 Å². The fraction of sp³-hybridized carbons (Fsp3) is 0.435. The van der Waals surface area contributed by atoms with Gasteiger partial charge in [0.25, 0.3) is 0 Å². The highest BCUT2D eigenvalue weighted by molar-refractivity contribution is 5.91. The molecule has 1 saturated carbocycles. The summed E-state index contributed by atoms with van der Waals surface area (Å²) in [5.41, 5.74) is -0.0874. The number of ether oxygens (including phenoxy) is 2. The van der Waals surface area contributed by atoms with Crippen LogP contribution in [-0.4, -0.2) is 30.4 Å². The number of hydrogen-bond acceptors (Lipinski definition) is 4. The Hall–Kier alpha value is -2.78. The molecule has 1 aliphatic carbocycles. The average molecular weight is 452 g/mol. The number of carbonyl (C=O) groups excluding carboxylic acids is 1. The van der Waals surface area contributed by atoms with Gasteiger partial charge in [0.05, 0.1) is 37.7 Å². The Balaban J connectivity index is 1.55. The molecule has 174 valence electrons. The Labute approximate surface area is 184 Å². The smallest absolute Gasteiger partial charge is 0.416 e. The standard InChI is InChI=1S/C23H27F3N2O4/c1-31-21-16(13-29)11-17(23(24,25)26)12-20(21)28-22(30)27-18-7-9-19(10-8-18)32-14-15-5-3-2-4-6-15/h2-6,11-12,18-19,29H,7-10,13-14H2,1H3,(H2,27,28,30). The first-order chi connectivity index (χ1) is 15.3. The number of hydrogen-bond donors (Lipinski definition) is 3. The SMILES string of the molecule is COc1c(CO)cc(C(F)(F)F)cc1NC(=O)NC1CCC(OCc2ccccc2)CC1. The summed E-state index contributed by atoms with van der Waals surface area (Å²) in [6.07, 6.45) is -1.56. The van der Waals surface area contributed by atoms with Crippen molar-refractivity contribution in [3.05, 3.63) is 59.2 Å². The monoisotopic (exact) mass is 452 g/mol. The minimum atomic E-state index is -4.62. The first-order valence-corrected chi connectivity index (χ1v) is 10.4. The predicted molar refractivity (Wildman–Crippen MR) is 113 cm³/mol. The molecule has 2 amide bonds. The van der Waals surface area contributed by atoms with Crippen molar-refractivity contribution in [2.45, 2.75) is 57.2 Å². The van der Waals surface area contributed by atoms with Gasteiger partial charge in [-0.3, -0.25) is 0 Å². The Kier molecular flexibility index (Phi) is 7.98. The van der Waals surface area contributed by atoms with Crippen molar-refractivity contribution in [2.75, 3.05) is 12.4 Å². The van der Waals surface area contributed by atoms with Crippen LogP contribution in [0.15, 0.2) is 42.5 Å². The van der Waals surface area contributed by atoms with Gasteiger partial charge < -0.3 is 25.2 Å². The minimum Gasteiger partial charge on any atom is -0.494 e. The molecular weight excluding hydrogens is 425 g/mol. The van der Waals surface area contributed by atoms with Gasteiger partial charge in [-0.2, -0.15) is 13.2 Å². The van der Waals surface area contributed by atoms with E-state index in [1.165, 1.54) is 7.11 Å². The van der Waals surface area contributed by atoms with Crippen LogP contribution in [0.25, 0.3) is 0 Å². The number of amides is 2. The van der Waals surface area contributed by atoms with Crippen LogP contribution < -0.4 is 15.4 Å². The van der Waals surface area contributed by atoms with Crippen molar-refractivity contribution < 1.29 is 32.5 Å². The van der Waals surface area contributed by atoms with Gasteiger partial charge in [-0.05, 0) is 43.4 Å². The zero-order chi connectivity index (χ0) is 23.1. The van der Waals surface area contributed by atoms with Crippen molar-refractivity contribution >= 4 is 11.7 Å². The summed E-state index contributed by atoms with van der Waals surface area (Å²) >= 11 is 0. The second-order valence-electron chi connectivity index (χ2n) is 7.74. The number of benzene rings is 2.